The van der Waals surface area contributed by atoms with E-state index < -0.39 is 0 Å². The molecule has 3 rings (SSSR count). The minimum atomic E-state index is 0.252. The fourth-order valence-corrected chi connectivity index (χ4v) is 3.71. The second-order valence-corrected chi connectivity index (χ2v) is 6.41. The molecule has 2 saturated heterocycles. The summed E-state index contributed by atoms with van der Waals surface area (Å²) in [6.07, 6.45) is 6.55. The van der Waals surface area contributed by atoms with E-state index in [0.717, 1.165) is 19.5 Å². The van der Waals surface area contributed by atoms with Crippen LogP contribution < -0.4 is 21.4 Å². The van der Waals surface area contributed by atoms with Gasteiger partial charge in [-0.3, -0.25) is 16.0 Å². The summed E-state index contributed by atoms with van der Waals surface area (Å²) >= 11 is 6.28. The maximum atomic E-state index is 6.28. The van der Waals surface area contributed by atoms with Crippen molar-refractivity contribution in [2.75, 3.05) is 6.67 Å². The van der Waals surface area contributed by atoms with E-state index >= 15 is 0 Å². The van der Waals surface area contributed by atoms with Crippen LogP contribution in [0.15, 0.2) is 0 Å². The van der Waals surface area contributed by atoms with Crippen LogP contribution in [0.5, 0.6) is 0 Å². The lowest BCUT2D eigenvalue weighted by molar-refractivity contribution is 0.0122. The molecule has 1 aliphatic carbocycles. The van der Waals surface area contributed by atoms with Crippen molar-refractivity contribution in [2.24, 2.45) is 0 Å². The topological polar surface area (TPSA) is 51.4 Å². The van der Waals surface area contributed by atoms with Crippen molar-refractivity contribution in [3.8, 4) is 0 Å². The molecule has 0 aromatic heterocycles. The van der Waals surface area contributed by atoms with Crippen LogP contribution >= 0.6 is 11.6 Å². The number of fused-ring (bicyclic) bond motifs is 1. The Labute approximate surface area is 114 Å². The largest absolute Gasteiger partial charge is 0.298 e. The standard InChI is InChI=1S/C12H24ClN5/c1-8-5-11(18-12(16-8)14-7-15-18)17-10-4-2-3-9(13)6-10/h8-12,14-17H,2-7H2,1H3. The Bertz CT molecular complexity index is 290. The van der Waals surface area contributed by atoms with Gasteiger partial charge in [-0.15, -0.1) is 11.6 Å². The highest BCUT2D eigenvalue weighted by atomic mass is 35.5. The van der Waals surface area contributed by atoms with Gasteiger partial charge in [0.05, 0.1) is 12.8 Å². The van der Waals surface area contributed by atoms with Gasteiger partial charge >= 0.3 is 0 Å². The Balaban J connectivity index is 1.60. The minimum absolute atomic E-state index is 0.252. The van der Waals surface area contributed by atoms with E-state index in [2.05, 4.69) is 33.3 Å². The van der Waals surface area contributed by atoms with Gasteiger partial charge in [0, 0.05) is 17.5 Å². The van der Waals surface area contributed by atoms with E-state index in [1.165, 1.54) is 19.3 Å². The zero-order chi connectivity index (χ0) is 12.5. The van der Waals surface area contributed by atoms with Gasteiger partial charge in [-0.2, -0.15) is 5.01 Å². The van der Waals surface area contributed by atoms with Crippen molar-refractivity contribution in [1.29, 1.82) is 0 Å². The molecule has 4 N–H and O–H groups in total. The summed E-state index contributed by atoms with van der Waals surface area (Å²) in [7, 11) is 0. The quantitative estimate of drug-likeness (QED) is 0.552. The van der Waals surface area contributed by atoms with E-state index in [-0.39, 0.29) is 6.29 Å². The molecule has 2 heterocycles. The summed E-state index contributed by atoms with van der Waals surface area (Å²) < 4.78 is 0. The van der Waals surface area contributed by atoms with Gasteiger partial charge in [0.2, 0.25) is 0 Å². The Morgan fingerprint density at radius 3 is 3.00 bits per heavy atom. The monoisotopic (exact) mass is 273 g/mol. The molecule has 0 amide bonds. The Hall–Kier alpha value is 0.0900. The summed E-state index contributed by atoms with van der Waals surface area (Å²) in [5, 5.41) is 13.4. The third-order valence-electron chi connectivity index (χ3n) is 4.23. The zero-order valence-corrected chi connectivity index (χ0v) is 11.7. The number of nitrogens with one attached hydrogen (secondary N) is 4. The fourth-order valence-electron chi connectivity index (χ4n) is 3.34. The van der Waals surface area contributed by atoms with Crippen LogP contribution in [0.4, 0.5) is 0 Å². The molecule has 6 heteroatoms. The molecule has 0 aromatic carbocycles. The molecule has 5 unspecified atom stereocenters. The predicted molar refractivity (Wildman–Crippen MR) is 72.8 cm³/mol. The Morgan fingerprint density at radius 1 is 1.28 bits per heavy atom. The van der Waals surface area contributed by atoms with Crippen LogP contribution in [0.25, 0.3) is 0 Å². The maximum Gasteiger partial charge on any atom is 0.130 e. The molecule has 5 nitrogen and oxygen atoms in total. The van der Waals surface area contributed by atoms with Crippen molar-refractivity contribution in [3.05, 3.63) is 0 Å². The lowest BCUT2D eigenvalue weighted by Gasteiger charge is -2.43. The summed E-state index contributed by atoms with van der Waals surface area (Å²) in [4.78, 5) is 0. The van der Waals surface area contributed by atoms with Crippen molar-refractivity contribution in [1.82, 2.24) is 26.4 Å². The lowest BCUT2D eigenvalue weighted by Crippen LogP contribution is -2.67. The first kappa shape index (κ1) is 13.1. The summed E-state index contributed by atoms with van der Waals surface area (Å²) in [5.41, 5.74) is 3.39. The molecule has 0 bridgehead atoms. The van der Waals surface area contributed by atoms with Crippen LogP contribution in [0.3, 0.4) is 0 Å². The number of nitrogens with zero attached hydrogens (tertiary/aromatic N) is 1. The van der Waals surface area contributed by atoms with Crippen molar-refractivity contribution >= 4 is 11.6 Å². The van der Waals surface area contributed by atoms with Gasteiger partial charge in [-0.05, 0) is 32.6 Å². The smallest absolute Gasteiger partial charge is 0.130 e. The average Bonchev–Trinajstić information content (AvgIpc) is 2.77. The molecule has 3 aliphatic rings. The van der Waals surface area contributed by atoms with Crippen LogP contribution in [0.2, 0.25) is 0 Å². The Morgan fingerprint density at radius 2 is 2.17 bits per heavy atom. The van der Waals surface area contributed by atoms with Crippen molar-refractivity contribution in [2.45, 2.75) is 68.9 Å². The highest BCUT2D eigenvalue weighted by Gasteiger charge is 2.37. The summed E-state index contributed by atoms with van der Waals surface area (Å²) in [6, 6.07) is 1.10. The van der Waals surface area contributed by atoms with Crippen molar-refractivity contribution < 1.29 is 0 Å². The van der Waals surface area contributed by atoms with Crippen LogP contribution in [-0.2, 0) is 0 Å². The van der Waals surface area contributed by atoms with Gasteiger partial charge < -0.3 is 0 Å². The van der Waals surface area contributed by atoms with Gasteiger partial charge in [-0.1, -0.05) is 6.42 Å². The molecule has 0 radical (unpaired) electrons. The predicted octanol–water partition coefficient (Wildman–Crippen LogP) is 0.485. The number of alkyl halides is 1. The molecule has 18 heavy (non-hydrogen) atoms. The van der Waals surface area contributed by atoms with E-state index in [1.54, 1.807) is 0 Å². The number of hydrogen-bond acceptors (Lipinski definition) is 5. The fraction of sp³-hybridized carbons (Fsp3) is 1.00. The second-order valence-electron chi connectivity index (χ2n) is 5.80. The highest BCUT2D eigenvalue weighted by molar-refractivity contribution is 6.20. The third-order valence-corrected chi connectivity index (χ3v) is 4.62. The maximum absolute atomic E-state index is 6.28. The number of hydrazine groups is 1. The summed E-state index contributed by atoms with van der Waals surface area (Å²) in [5.74, 6) is 0. The van der Waals surface area contributed by atoms with E-state index in [4.69, 9.17) is 11.6 Å². The first-order chi connectivity index (χ1) is 8.72. The summed E-state index contributed by atoms with van der Waals surface area (Å²) in [6.45, 7) is 3.09. The molecule has 104 valence electrons. The Kier molecular flexibility index (Phi) is 4.08. The first-order valence-electron chi connectivity index (χ1n) is 7.14. The highest BCUT2D eigenvalue weighted by Crippen LogP contribution is 2.24. The average molecular weight is 274 g/mol. The van der Waals surface area contributed by atoms with Crippen molar-refractivity contribution in [3.63, 3.8) is 0 Å². The number of hydrogen-bond donors (Lipinski definition) is 4. The van der Waals surface area contributed by atoms with Crippen LogP contribution in [0, 0.1) is 0 Å². The van der Waals surface area contributed by atoms with Gasteiger partial charge in [0.25, 0.3) is 0 Å². The molecule has 0 aromatic rings. The SMILES string of the molecule is CC1CC(NC2CCCC(Cl)C2)N2NCNC2N1. The number of halogens is 1. The molecule has 3 fully saturated rings. The second kappa shape index (κ2) is 5.61. The molecule has 5 atom stereocenters. The molecule has 1 saturated carbocycles. The van der Waals surface area contributed by atoms with Gasteiger partial charge in [0.15, 0.2) is 0 Å². The van der Waals surface area contributed by atoms with E-state index in [1.807, 2.05) is 0 Å². The lowest BCUT2D eigenvalue weighted by atomic mass is 9.94. The van der Waals surface area contributed by atoms with Crippen LogP contribution in [-0.4, -0.2) is 41.6 Å². The van der Waals surface area contributed by atoms with E-state index in [0.29, 0.717) is 23.6 Å². The molecular weight excluding hydrogens is 250 g/mol. The van der Waals surface area contributed by atoms with Crippen LogP contribution in [0.1, 0.15) is 39.0 Å². The zero-order valence-electron chi connectivity index (χ0n) is 11.0. The minimum Gasteiger partial charge on any atom is -0.298 e. The molecule has 0 spiro atoms. The first-order valence-corrected chi connectivity index (χ1v) is 7.57. The van der Waals surface area contributed by atoms with E-state index in [9.17, 15) is 0 Å². The van der Waals surface area contributed by atoms with Gasteiger partial charge in [0.1, 0.15) is 6.29 Å². The normalized spacial score (nSPS) is 46.0. The third kappa shape index (κ3) is 2.81. The molecule has 2 aliphatic heterocycles. The number of rotatable bonds is 2. The van der Waals surface area contributed by atoms with Gasteiger partial charge in [-0.25, -0.2) is 5.43 Å². The molecular formula is C12H24ClN5.